The normalized spacial score (nSPS) is 14.2. The van der Waals surface area contributed by atoms with Crippen LogP contribution in [0.2, 0.25) is 0 Å². The van der Waals surface area contributed by atoms with Crippen LogP contribution in [-0.2, 0) is 9.53 Å². The average Bonchev–Trinajstić information content (AvgIpc) is 3.14. The summed E-state index contributed by atoms with van der Waals surface area (Å²) in [6.07, 6.45) is 0.400. The molecule has 6 heteroatoms. The zero-order valence-corrected chi connectivity index (χ0v) is 14.8. The van der Waals surface area contributed by atoms with Gasteiger partial charge in [0.25, 0.3) is 0 Å². The smallest absolute Gasteiger partial charge is 0.306 e. The van der Waals surface area contributed by atoms with Crippen molar-refractivity contribution in [3.05, 3.63) is 48.0 Å². The van der Waals surface area contributed by atoms with E-state index in [9.17, 15) is 4.79 Å². The molecule has 1 heterocycles. The van der Waals surface area contributed by atoms with Crippen LogP contribution >= 0.6 is 0 Å². The Kier molecular flexibility index (Phi) is 5.40. The summed E-state index contributed by atoms with van der Waals surface area (Å²) in [4.78, 5) is 15.7. The van der Waals surface area contributed by atoms with Crippen LogP contribution in [0, 0.1) is 11.3 Å². The third-order valence-corrected chi connectivity index (χ3v) is 4.63. The lowest BCUT2D eigenvalue weighted by molar-refractivity contribution is -0.140. The van der Waals surface area contributed by atoms with E-state index in [0.717, 1.165) is 42.3 Å². The number of benzene rings is 2. The zero-order valence-electron chi connectivity index (χ0n) is 14.8. The molecule has 0 saturated carbocycles. The number of carbonyl (C=O) groups is 1. The number of anilines is 2. The van der Waals surface area contributed by atoms with Crippen LogP contribution in [0.25, 0.3) is 11.1 Å². The first kappa shape index (κ1) is 17.8. The van der Waals surface area contributed by atoms with E-state index in [1.807, 2.05) is 30.3 Å². The number of ether oxygens (including phenoxy) is 1. The third-order valence-electron chi connectivity index (χ3n) is 4.63. The summed E-state index contributed by atoms with van der Waals surface area (Å²) in [6.45, 7) is 3.21. The van der Waals surface area contributed by atoms with E-state index in [-0.39, 0.29) is 5.97 Å². The summed E-state index contributed by atoms with van der Waals surface area (Å²) in [5.74, 6) is -0.185. The molecule has 2 N–H and O–H groups in total. The van der Waals surface area contributed by atoms with Crippen LogP contribution in [0.4, 0.5) is 11.4 Å². The van der Waals surface area contributed by atoms with Crippen LogP contribution in [-0.4, -0.2) is 44.3 Å². The first-order chi connectivity index (χ1) is 12.6. The first-order valence-corrected chi connectivity index (χ1v) is 8.55. The Hall–Kier alpha value is -3.04. The van der Waals surface area contributed by atoms with E-state index in [0.29, 0.717) is 18.5 Å². The van der Waals surface area contributed by atoms with Crippen molar-refractivity contribution in [2.24, 2.45) is 0 Å². The number of hydrogen-bond donors (Lipinski definition) is 1. The van der Waals surface area contributed by atoms with E-state index in [4.69, 9.17) is 15.7 Å². The highest BCUT2D eigenvalue weighted by Crippen LogP contribution is 2.31. The summed E-state index contributed by atoms with van der Waals surface area (Å²) in [5, 5.41) is 8.90. The first-order valence-electron chi connectivity index (χ1n) is 8.55. The molecule has 2 aromatic rings. The minimum Gasteiger partial charge on any atom is -0.469 e. The Morgan fingerprint density at radius 3 is 2.58 bits per heavy atom. The van der Waals surface area contributed by atoms with E-state index in [2.05, 4.69) is 15.9 Å². The van der Waals surface area contributed by atoms with Gasteiger partial charge >= 0.3 is 5.97 Å². The SMILES string of the molecule is COC(=O)CCN1CCN(c2ccc(-c3ccc(C#N)cc3)cc2N)C1. The van der Waals surface area contributed by atoms with E-state index >= 15 is 0 Å². The second kappa shape index (κ2) is 7.89. The number of methoxy groups -OCH3 is 1. The molecule has 1 aliphatic heterocycles. The summed E-state index contributed by atoms with van der Waals surface area (Å²) < 4.78 is 4.69. The fourth-order valence-corrected chi connectivity index (χ4v) is 3.13. The van der Waals surface area contributed by atoms with Crippen LogP contribution in [0.1, 0.15) is 12.0 Å². The van der Waals surface area contributed by atoms with Gasteiger partial charge in [-0.1, -0.05) is 18.2 Å². The molecule has 6 nitrogen and oxygen atoms in total. The highest BCUT2D eigenvalue weighted by atomic mass is 16.5. The van der Waals surface area contributed by atoms with Gasteiger partial charge in [0.15, 0.2) is 0 Å². The molecule has 134 valence electrons. The van der Waals surface area contributed by atoms with Crippen LogP contribution in [0.3, 0.4) is 0 Å². The molecular weight excluding hydrogens is 328 g/mol. The molecule has 26 heavy (non-hydrogen) atoms. The van der Waals surface area contributed by atoms with Crippen LogP contribution in [0.15, 0.2) is 42.5 Å². The number of nitriles is 1. The number of carbonyl (C=O) groups excluding carboxylic acids is 1. The van der Waals surface area contributed by atoms with Gasteiger partial charge in [0.1, 0.15) is 0 Å². The lowest BCUT2D eigenvalue weighted by Crippen LogP contribution is -2.27. The minimum absolute atomic E-state index is 0.185. The highest BCUT2D eigenvalue weighted by Gasteiger charge is 2.22. The fourth-order valence-electron chi connectivity index (χ4n) is 3.13. The van der Waals surface area contributed by atoms with Crippen molar-refractivity contribution < 1.29 is 9.53 Å². The van der Waals surface area contributed by atoms with Crippen molar-refractivity contribution in [3.63, 3.8) is 0 Å². The number of rotatable bonds is 5. The predicted octanol–water partition coefficient (Wildman–Crippen LogP) is 2.45. The Bertz CT molecular complexity index is 827. The average molecular weight is 350 g/mol. The number of esters is 1. The monoisotopic (exact) mass is 350 g/mol. The van der Waals surface area contributed by atoms with Gasteiger partial charge < -0.3 is 15.4 Å². The van der Waals surface area contributed by atoms with E-state index in [1.54, 1.807) is 12.1 Å². The summed E-state index contributed by atoms with van der Waals surface area (Å²) >= 11 is 0. The molecule has 0 spiro atoms. The Balaban J connectivity index is 1.68. The van der Waals surface area contributed by atoms with Crippen molar-refractivity contribution in [1.82, 2.24) is 4.90 Å². The van der Waals surface area contributed by atoms with Gasteiger partial charge in [-0.15, -0.1) is 0 Å². The standard InChI is InChI=1S/C20H22N4O2/c1-26-20(25)8-9-23-10-11-24(14-23)19-7-6-17(12-18(19)22)16-4-2-15(13-21)3-5-16/h2-7,12H,8-11,14,22H2,1H3. The maximum absolute atomic E-state index is 11.3. The maximum Gasteiger partial charge on any atom is 0.306 e. The second-order valence-electron chi connectivity index (χ2n) is 6.31. The molecule has 0 aliphatic carbocycles. The molecule has 0 bridgehead atoms. The number of nitrogen functional groups attached to an aromatic ring is 1. The van der Waals surface area contributed by atoms with Crippen LogP contribution < -0.4 is 10.6 Å². The fraction of sp³-hybridized carbons (Fsp3) is 0.300. The Morgan fingerprint density at radius 1 is 1.19 bits per heavy atom. The third kappa shape index (κ3) is 3.95. The van der Waals surface area contributed by atoms with Gasteiger partial charge in [0, 0.05) is 19.6 Å². The predicted molar refractivity (Wildman–Crippen MR) is 101 cm³/mol. The van der Waals surface area contributed by atoms with E-state index < -0.39 is 0 Å². The lowest BCUT2D eigenvalue weighted by Gasteiger charge is -2.22. The van der Waals surface area contributed by atoms with Crippen molar-refractivity contribution in [3.8, 4) is 17.2 Å². The van der Waals surface area contributed by atoms with Gasteiger partial charge in [-0.05, 0) is 35.4 Å². The van der Waals surface area contributed by atoms with Gasteiger partial charge in [-0.2, -0.15) is 5.26 Å². The molecule has 1 fully saturated rings. The molecule has 0 aromatic heterocycles. The minimum atomic E-state index is -0.185. The van der Waals surface area contributed by atoms with Crippen LogP contribution in [0.5, 0.6) is 0 Å². The molecule has 1 saturated heterocycles. The summed E-state index contributed by atoms with van der Waals surface area (Å²) in [5.41, 5.74) is 10.7. The molecule has 2 aromatic carbocycles. The number of nitrogens with two attached hydrogens (primary N) is 1. The molecule has 0 radical (unpaired) electrons. The van der Waals surface area contributed by atoms with E-state index in [1.165, 1.54) is 7.11 Å². The molecule has 3 rings (SSSR count). The number of nitrogens with zero attached hydrogens (tertiary/aromatic N) is 3. The topological polar surface area (TPSA) is 82.6 Å². The summed E-state index contributed by atoms with van der Waals surface area (Å²) in [6, 6.07) is 15.6. The van der Waals surface area contributed by atoms with Gasteiger partial charge in [-0.25, -0.2) is 0 Å². The molecule has 0 unspecified atom stereocenters. The maximum atomic E-state index is 11.3. The lowest BCUT2D eigenvalue weighted by atomic mass is 10.0. The molecular formula is C20H22N4O2. The largest absolute Gasteiger partial charge is 0.469 e. The van der Waals surface area contributed by atoms with Gasteiger partial charge in [0.05, 0.1) is 43.2 Å². The Morgan fingerprint density at radius 2 is 1.92 bits per heavy atom. The molecule has 1 aliphatic rings. The van der Waals surface area contributed by atoms with Gasteiger partial charge in [-0.3, -0.25) is 9.69 Å². The van der Waals surface area contributed by atoms with Crippen molar-refractivity contribution in [1.29, 1.82) is 5.26 Å². The van der Waals surface area contributed by atoms with Crippen molar-refractivity contribution in [2.45, 2.75) is 6.42 Å². The zero-order chi connectivity index (χ0) is 18.5. The summed E-state index contributed by atoms with van der Waals surface area (Å²) in [7, 11) is 1.41. The van der Waals surface area contributed by atoms with Crippen molar-refractivity contribution in [2.75, 3.05) is 44.0 Å². The highest BCUT2D eigenvalue weighted by molar-refractivity contribution is 5.77. The molecule has 0 amide bonds. The molecule has 0 atom stereocenters. The van der Waals surface area contributed by atoms with Crippen molar-refractivity contribution >= 4 is 17.3 Å². The second-order valence-corrected chi connectivity index (χ2v) is 6.31. The number of hydrogen-bond acceptors (Lipinski definition) is 6. The van der Waals surface area contributed by atoms with Gasteiger partial charge in [0.2, 0.25) is 0 Å². The Labute approximate surface area is 153 Å². The quantitative estimate of drug-likeness (QED) is 0.659.